The lowest BCUT2D eigenvalue weighted by Crippen LogP contribution is -2.38. The van der Waals surface area contributed by atoms with Gasteiger partial charge in [0, 0.05) is 18.0 Å². The molecule has 0 unspecified atom stereocenters. The van der Waals surface area contributed by atoms with Gasteiger partial charge in [-0.15, -0.1) is 0 Å². The van der Waals surface area contributed by atoms with Gasteiger partial charge in [0.25, 0.3) is 0 Å². The van der Waals surface area contributed by atoms with Crippen LogP contribution in [-0.2, 0) is 9.84 Å². The topological polar surface area (TPSA) is 54.5 Å². The van der Waals surface area contributed by atoms with Crippen LogP contribution < -0.4 is 0 Å². The molecule has 0 atom stereocenters. The number of carbonyl (C=O) groups excluding carboxylic acids is 1. The van der Waals surface area contributed by atoms with Crippen molar-refractivity contribution in [2.24, 2.45) is 5.92 Å². The standard InChI is InChI=1S/C22H27NO3S/c1-17-8-9-18(2)21(16-17)27(25,26)15-14-23-12-10-20(11-13-23)22(24)19-6-4-3-5-7-19/h3-9,16,20H,10-15H2,1-2H3. The van der Waals surface area contributed by atoms with Crippen LogP contribution in [0, 0.1) is 19.8 Å². The Balaban J connectivity index is 1.55. The molecule has 0 spiro atoms. The fourth-order valence-electron chi connectivity index (χ4n) is 3.66. The largest absolute Gasteiger partial charge is 0.302 e. The third kappa shape index (κ3) is 4.85. The zero-order chi connectivity index (χ0) is 19.4. The Morgan fingerprint density at radius 1 is 1.04 bits per heavy atom. The number of rotatable bonds is 6. The molecule has 0 saturated carbocycles. The number of hydrogen-bond acceptors (Lipinski definition) is 4. The predicted octanol–water partition coefficient (Wildman–Crippen LogP) is 3.67. The molecular weight excluding hydrogens is 358 g/mol. The Kier molecular flexibility index (Phi) is 6.12. The van der Waals surface area contributed by atoms with Crippen LogP contribution in [0.3, 0.4) is 0 Å². The van der Waals surface area contributed by atoms with Gasteiger partial charge >= 0.3 is 0 Å². The maximum absolute atomic E-state index is 12.7. The summed E-state index contributed by atoms with van der Waals surface area (Å²) in [5, 5.41) is 0. The van der Waals surface area contributed by atoms with Gasteiger partial charge in [-0.2, -0.15) is 0 Å². The van der Waals surface area contributed by atoms with E-state index in [-0.39, 0.29) is 17.5 Å². The molecule has 144 valence electrons. The van der Waals surface area contributed by atoms with E-state index in [2.05, 4.69) is 4.90 Å². The smallest absolute Gasteiger partial charge is 0.179 e. The lowest BCUT2D eigenvalue weighted by atomic mass is 9.89. The van der Waals surface area contributed by atoms with Crippen molar-refractivity contribution >= 4 is 15.6 Å². The summed E-state index contributed by atoms with van der Waals surface area (Å²) in [5.74, 6) is 0.367. The molecule has 1 fully saturated rings. The van der Waals surface area contributed by atoms with E-state index < -0.39 is 9.84 Å². The highest BCUT2D eigenvalue weighted by atomic mass is 32.2. The Bertz CT molecular complexity index is 898. The van der Waals surface area contributed by atoms with Gasteiger partial charge in [-0.1, -0.05) is 42.5 Å². The number of benzene rings is 2. The molecule has 5 heteroatoms. The molecule has 0 aliphatic carbocycles. The molecule has 0 amide bonds. The second-order valence-corrected chi connectivity index (χ2v) is 9.51. The maximum Gasteiger partial charge on any atom is 0.179 e. The van der Waals surface area contributed by atoms with E-state index in [9.17, 15) is 13.2 Å². The van der Waals surface area contributed by atoms with Crippen molar-refractivity contribution in [1.82, 2.24) is 4.90 Å². The minimum atomic E-state index is -3.29. The molecule has 1 aliphatic rings. The van der Waals surface area contributed by atoms with Gasteiger partial charge in [0.1, 0.15) is 0 Å². The fraction of sp³-hybridized carbons (Fsp3) is 0.409. The number of ketones is 1. The van der Waals surface area contributed by atoms with E-state index in [4.69, 9.17) is 0 Å². The summed E-state index contributed by atoms with van der Waals surface area (Å²) in [5.41, 5.74) is 2.53. The minimum Gasteiger partial charge on any atom is -0.302 e. The van der Waals surface area contributed by atoms with Crippen LogP contribution in [0.2, 0.25) is 0 Å². The number of likely N-dealkylation sites (tertiary alicyclic amines) is 1. The number of aryl methyl sites for hydroxylation is 2. The minimum absolute atomic E-state index is 0.0410. The zero-order valence-corrected chi connectivity index (χ0v) is 16.8. The van der Waals surface area contributed by atoms with E-state index in [1.807, 2.05) is 56.3 Å². The highest BCUT2D eigenvalue weighted by Crippen LogP contribution is 2.23. The van der Waals surface area contributed by atoms with Crippen molar-refractivity contribution in [2.75, 3.05) is 25.4 Å². The zero-order valence-electron chi connectivity index (χ0n) is 16.0. The molecule has 0 N–H and O–H groups in total. The fourth-order valence-corrected chi connectivity index (χ4v) is 5.30. The molecule has 2 aromatic carbocycles. The van der Waals surface area contributed by atoms with Gasteiger partial charge in [-0.3, -0.25) is 4.79 Å². The summed E-state index contributed by atoms with van der Waals surface area (Å²) < 4.78 is 25.4. The van der Waals surface area contributed by atoms with Crippen LogP contribution in [0.15, 0.2) is 53.4 Å². The molecule has 1 heterocycles. The molecule has 3 rings (SSSR count). The van der Waals surface area contributed by atoms with Gasteiger partial charge in [0.2, 0.25) is 0 Å². The van der Waals surface area contributed by atoms with Crippen molar-refractivity contribution in [3.8, 4) is 0 Å². The Morgan fingerprint density at radius 2 is 1.70 bits per heavy atom. The lowest BCUT2D eigenvalue weighted by Gasteiger charge is -2.31. The summed E-state index contributed by atoms with van der Waals surface area (Å²) in [4.78, 5) is 15.2. The SMILES string of the molecule is Cc1ccc(C)c(S(=O)(=O)CCN2CCC(C(=O)c3ccccc3)CC2)c1. The first kappa shape index (κ1) is 19.8. The van der Waals surface area contributed by atoms with Crippen molar-refractivity contribution in [2.45, 2.75) is 31.6 Å². The molecule has 0 bridgehead atoms. The second-order valence-electron chi connectivity index (χ2n) is 7.43. The second kappa shape index (κ2) is 8.36. The van der Waals surface area contributed by atoms with Crippen molar-refractivity contribution in [3.63, 3.8) is 0 Å². The van der Waals surface area contributed by atoms with Crippen molar-refractivity contribution in [1.29, 1.82) is 0 Å². The molecule has 0 aromatic heterocycles. The number of nitrogens with zero attached hydrogens (tertiary/aromatic N) is 1. The third-order valence-corrected chi connectivity index (χ3v) is 7.20. The maximum atomic E-state index is 12.7. The van der Waals surface area contributed by atoms with Crippen molar-refractivity contribution in [3.05, 3.63) is 65.2 Å². The summed E-state index contributed by atoms with van der Waals surface area (Å²) >= 11 is 0. The van der Waals surface area contributed by atoms with Gasteiger partial charge < -0.3 is 4.90 Å². The number of piperidine rings is 1. The van der Waals surface area contributed by atoms with Crippen LogP contribution in [0.5, 0.6) is 0 Å². The van der Waals surface area contributed by atoms with Gasteiger partial charge in [-0.25, -0.2) is 8.42 Å². The summed E-state index contributed by atoms with van der Waals surface area (Å²) in [7, 11) is -3.29. The predicted molar refractivity (Wildman–Crippen MR) is 108 cm³/mol. The van der Waals surface area contributed by atoms with E-state index in [1.165, 1.54) is 0 Å². The number of sulfone groups is 1. The third-order valence-electron chi connectivity index (χ3n) is 5.37. The lowest BCUT2D eigenvalue weighted by molar-refractivity contribution is 0.0844. The first-order valence-corrected chi connectivity index (χ1v) is 11.1. The summed E-state index contributed by atoms with van der Waals surface area (Å²) in [6.45, 7) is 5.80. The molecule has 27 heavy (non-hydrogen) atoms. The van der Waals surface area contributed by atoms with E-state index in [0.717, 1.165) is 42.6 Å². The average Bonchev–Trinajstić information content (AvgIpc) is 2.69. The molecule has 4 nitrogen and oxygen atoms in total. The molecular formula is C22H27NO3S. The highest BCUT2D eigenvalue weighted by Gasteiger charge is 2.27. The Labute approximate surface area is 162 Å². The average molecular weight is 386 g/mol. The normalized spacial score (nSPS) is 16.4. The number of Topliss-reactive ketones (excluding diaryl/α,β-unsaturated/α-hetero) is 1. The highest BCUT2D eigenvalue weighted by molar-refractivity contribution is 7.91. The van der Waals surface area contributed by atoms with Crippen LogP contribution >= 0.6 is 0 Å². The van der Waals surface area contributed by atoms with E-state index >= 15 is 0 Å². The Morgan fingerprint density at radius 3 is 2.37 bits per heavy atom. The van der Waals surface area contributed by atoms with Crippen LogP contribution in [0.1, 0.15) is 34.3 Å². The molecule has 1 aliphatic heterocycles. The number of hydrogen-bond donors (Lipinski definition) is 0. The molecule has 2 aromatic rings. The summed E-state index contributed by atoms with van der Waals surface area (Å²) in [6.07, 6.45) is 1.58. The van der Waals surface area contributed by atoms with E-state index in [0.29, 0.717) is 11.4 Å². The molecule has 0 radical (unpaired) electrons. The van der Waals surface area contributed by atoms with Crippen LogP contribution in [0.25, 0.3) is 0 Å². The number of carbonyl (C=O) groups is 1. The van der Waals surface area contributed by atoms with Gasteiger partial charge in [-0.05, 0) is 57.0 Å². The van der Waals surface area contributed by atoms with Gasteiger partial charge in [0.15, 0.2) is 15.6 Å². The summed E-state index contributed by atoms with van der Waals surface area (Å²) in [6, 6.07) is 15.0. The van der Waals surface area contributed by atoms with Crippen LogP contribution in [-0.4, -0.2) is 44.5 Å². The Hall–Kier alpha value is -1.98. The monoisotopic (exact) mass is 385 g/mol. The molecule has 1 saturated heterocycles. The van der Waals surface area contributed by atoms with E-state index in [1.54, 1.807) is 6.07 Å². The van der Waals surface area contributed by atoms with Gasteiger partial charge in [0.05, 0.1) is 10.6 Å². The first-order valence-electron chi connectivity index (χ1n) is 9.48. The van der Waals surface area contributed by atoms with Crippen LogP contribution in [0.4, 0.5) is 0 Å². The van der Waals surface area contributed by atoms with Crippen molar-refractivity contribution < 1.29 is 13.2 Å². The first-order chi connectivity index (χ1) is 12.9. The quantitative estimate of drug-likeness (QED) is 0.712.